The van der Waals surface area contributed by atoms with Crippen molar-refractivity contribution in [3.63, 3.8) is 0 Å². The number of methoxy groups -OCH3 is 1. The third-order valence-electron chi connectivity index (χ3n) is 1.98. The number of isocyanates is 1. The molecule has 0 amide bonds. The SMILES string of the molecule is COc1c(C(C#N)N=C=O)c(C)nn1C. The van der Waals surface area contributed by atoms with Crippen molar-refractivity contribution >= 4 is 6.08 Å². The molecule has 6 heteroatoms. The zero-order chi connectivity index (χ0) is 11.4. The molecule has 0 N–H and O–H groups in total. The first-order chi connectivity index (χ1) is 7.15. The normalized spacial score (nSPS) is 11.3. The minimum absolute atomic E-state index is 0.429. The van der Waals surface area contributed by atoms with Crippen LogP contribution in [0.5, 0.6) is 5.88 Å². The van der Waals surface area contributed by atoms with Crippen LogP contribution in [0, 0.1) is 18.3 Å². The highest BCUT2D eigenvalue weighted by molar-refractivity contribution is 5.42. The molecule has 1 unspecified atom stereocenters. The molecule has 0 saturated carbocycles. The van der Waals surface area contributed by atoms with Gasteiger partial charge in [0.15, 0.2) is 6.04 Å². The van der Waals surface area contributed by atoms with E-state index < -0.39 is 6.04 Å². The Hall–Kier alpha value is -2.12. The first-order valence-electron chi connectivity index (χ1n) is 4.19. The van der Waals surface area contributed by atoms with Crippen molar-refractivity contribution in [2.75, 3.05) is 7.11 Å². The zero-order valence-corrected chi connectivity index (χ0v) is 8.68. The van der Waals surface area contributed by atoms with E-state index in [0.29, 0.717) is 17.1 Å². The van der Waals surface area contributed by atoms with Crippen molar-refractivity contribution < 1.29 is 9.53 Å². The Morgan fingerprint density at radius 3 is 2.80 bits per heavy atom. The maximum absolute atomic E-state index is 10.2. The predicted molar refractivity (Wildman–Crippen MR) is 51.0 cm³/mol. The zero-order valence-electron chi connectivity index (χ0n) is 8.68. The Labute approximate surface area is 86.8 Å². The summed E-state index contributed by atoms with van der Waals surface area (Å²) in [7, 11) is 3.16. The van der Waals surface area contributed by atoms with Crippen LogP contribution < -0.4 is 4.74 Å². The van der Waals surface area contributed by atoms with E-state index in [4.69, 9.17) is 10.00 Å². The number of aromatic nitrogens is 2. The van der Waals surface area contributed by atoms with E-state index >= 15 is 0 Å². The van der Waals surface area contributed by atoms with Gasteiger partial charge in [0.2, 0.25) is 12.0 Å². The number of ether oxygens (including phenoxy) is 1. The molecule has 1 atom stereocenters. The molecule has 1 heterocycles. The van der Waals surface area contributed by atoms with E-state index in [1.165, 1.54) is 17.9 Å². The monoisotopic (exact) mass is 206 g/mol. The Morgan fingerprint density at radius 2 is 2.33 bits per heavy atom. The molecule has 0 aromatic carbocycles. The Morgan fingerprint density at radius 1 is 1.67 bits per heavy atom. The van der Waals surface area contributed by atoms with Gasteiger partial charge in [0.05, 0.1) is 24.4 Å². The van der Waals surface area contributed by atoms with Crippen LogP contribution >= 0.6 is 0 Å². The molecule has 0 bridgehead atoms. The number of carbonyl (C=O) groups excluding carboxylic acids is 1. The lowest BCUT2D eigenvalue weighted by molar-refractivity contribution is 0.368. The highest BCUT2D eigenvalue weighted by atomic mass is 16.5. The second kappa shape index (κ2) is 4.40. The molecule has 1 aromatic rings. The molecule has 0 spiro atoms. The van der Waals surface area contributed by atoms with Gasteiger partial charge in [0, 0.05) is 7.05 Å². The van der Waals surface area contributed by atoms with Gasteiger partial charge in [0.25, 0.3) is 0 Å². The predicted octanol–water partition coefficient (Wildman–Crippen LogP) is 0.638. The number of hydrogen-bond acceptors (Lipinski definition) is 5. The third-order valence-corrected chi connectivity index (χ3v) is 1.98. The smallest absolute Gasteiger partial charge is 0.236 e. The van der Waals surface area contributed by atoms with Gasteiger partial charge in [-0.05, 0) is 6.92 Å². The largest absolute Gasteiger partial charge is 0.481 e. The molecule has 6 nitrogen and oxygen atoms in total. The molecule has 0 radical (unpaired) electrons. The Balaban J connectivity index is 3.34. The molecule has 0 fully saturated rings. The van der Waals surface area contributed by atoms with Gasteiger partial charge in [-0.25, -0.2) is 9.48 Å². The van der Waals surface area contributed by atoms with Gasteiger partial charge < -0.3 is 4.74 Å². The molecule has 15 heavy (non-hydrogen) atoms. The van der Waals surface area contributed by atoms with Crippen LogP contribution in [0.15, 0.2) is 4.99 Å². The molecule has 0 aliphatic carbocycles. The van der Waals surface area contributed by atoms with E-state index in [-0.39, 0.29) is 0 Å². The lowest BCUT2D eigenvalue weighted by Gasteiger charge is -2.04. The molecule has 0 saturated heterocycles. The quantitative estimate of drug-likeness (QED) is 0.536. The number of nitrogens with zero attached hydrogens (tertiary/aromatic N) is 4. The van der Waals surface area contributed by atoms with E-state index in [9.17, 15) is 4.79 Å². The summed E-state index contributed by atoms with van der Waals surface area (Å²) in [6.45, 7) is 1.72. The fourth-order valence-electron chi connectivity index (χ4n) is 1.42. The lowest BCUT2D eigenvalue weighted by Crippen LogP contribution is -1.99. The van der Waals surface area contributed by atoms with Crippen LogP contribution in [-0.2, 0) is 11.8 Å². The standard InChI is InChI=1S/C9H10N4O2/c1-6-8(7(4-10)11-5-14)9(15-3)13(2)12-6/h7H,1-3H3. The van der Waals surface area contributed by atoms with Crippen molar-refractivity contribution in [1.29, 1.82) is 5.26 Å². The molecular weight excluding hydrogens is 196 g/mol. The number of nitriles is 1. The molecular formula is C9H10N4O2. The Kier molecular flexibility index (Phi) is 3.21. The van der Waals surface area contributed by atoms with Crippen LogP contribution in [0.25, 0.3) is 0 Å². The van der Waals surface area contributed by atoms with E-state index in [0.717, 1.165) is 0 Å². The highest BCUT2D eigenvalue weighted by Crippen LogP contribution is 2.29. The topological polar surface area (TPSA) is 80.3 Å². The fourth-order valence-corrected chi connectivity index (χ4v) is 1.42. The first kappa shape index (κ1) is 11.0. The summed E-state index contributed by atoms with van der Waals surface area (Å²) in [5.41, 5.74) is 1.12. The molecule has 0 aliphatic heterocycles. The third kappa shape index (κ3) is 1.87. The first-order valence-corrected chi connectivity index (χ1v) is 4.19. The van der Waals surface area contributed by atoms with E-state index in [1.54, 1.807) is 14.0 Å². The molecule has 1 rings (SSSR count). The maximum Gasteiger partial charge on any atom is 0.236 e. The second-order valence-electron chi connectivity index (χ2n) is 2.88. The maximum atomic E-state index is 10.2. The van der Waals surface area contributed by atoms with Gasteiger partial charge in [-0.15, -0.1) is 0 Å². The summed E-state index contributed by atoms with van der Waals surface area (Å²) in [6.07, 6.45) is 1.36. The van der Waals surface area contributed by atoms with Gasteiger partial charge in [0.1, 0.15) is 0 Å². The van der Waals surface area contributed by atoms with Crippen LogP contribution in [0.1, 0.15) is 17.3 Å². The highest BCUT2D eigenvalue weighted by Gasteiger charge is 2.22. The summed E-state index contributed by atoms with van der Waals surface area (Å²) >= 11 is 0. The van der Waals surface area contributed by atoms with E-state index in [2.05, 4.69) is 10.1 Å². The number of hydrogen-bond donors (Lipinski definition) is 0. The average Bonchev–Trinajstić information content (AvgIpc) is 2.49. The van der Waals surface area contributed by atoms with Crippen LogP contribution in [0.2, 0.25) is 0 Å². The minimum atomic E-state index is -0.911. The van der Waals surface area contributed by atoms with Gasteiger partial charge >= 0.3 is 0 Å². The van der Waals surface area contributed by atoms with Gasteiger partial charge in [-0.1, -0.05) is 0 Å². The van der Waals surface area contributed by atoms with Crippen LogP contribution in [0.4, 0.5) is 0 Å². The van der Waals surface area contributed by atoms with Crippen molar-refractivity contribution in [3.8, 4) is 11.9 Å². The van der Waals surface area contributed by atoms with Crippen molar-refractivity contribution in [3.05, 3.63) is 11.3 Å². The average molecular weight is 206 g/mol. The van der Waals surface area contributed by atoms with Gasteiger partial charge in [-0.3, -0.25) is 0 Å². The van der Waals surface area contributed by atoms with Crippen LogP contribution in [-0.4, -0.2) is 23.0 Å². The van der Waals surface area contributed by atoms with Crippen molar-refractivity contribution in [2.45, 2.75) is 13.0 Å². The summed E-state index contributed by atoms with van der Waals surface area (Å²) in [4.78, 5) is 13.6. The minimum Gasteiger partial charge on any atom is -0.481 e. The number of rotatable bonds is 3. The number of aliphatic imine (C=N–C) groups is 1. The van der Waals surface area contributed by atoms with Crippen molar-refractivity contribution in [1.82, 2.24) is 9.78 Å². The van der Waals surface area contributed by atoms with Crippen molar-refractivity contribution in [2.24, 2.45) is 12.0 Å². The fraction of sp³-hybridized carbons (Fsp3) is 0.444. The summed E-state index contributed by atoms with van der Waals surface area (Å²) < 4.78 is 6.58. The summed E-state index contributed by atoms with van der Waals surface area (Å²) in [5.74, 6) is 0.429. The lowest BCUT2D eigenvalue weighted by atomic mass is 10.1. The van der Waals surface area contributed by atoms with E-state index in [1.807, 2.05) is 6.07 Å². The van der Waals surface area contributed by atoms with Crippen LogP contribution in [0.3, 0.4) is 0 Å². The Bertz CT molecular complexity index is 451. The number of aryl methyl sites for hydroxylation is 2. The summed E-state index contributed by atoms with van der Waals surface area (Å²) in [5, 5.41) is 12.9. The molecule has 78 valence electrons. The second-order valence-corrected chi connectivity index (χ2v) is 2.88. The summed E-state index contributed by atoms with van der Waals surface area (Å²) in [6, 6.07) is 0.975. The van der Waals surface area contributed by atoms with Gasteiger partial charge in [-0.2, -0.15) is 15.4 Å². The molecule has 1 aromatic heterocycles. The molecule has 0 aliphatic rings.